The predicted octanol–water partition coefficient (Wildman–Crippen LogP) is 2.28. The molecule has 0 aliphatic carbocycles. The molecule has 3 aromatic heterocycles. The van der Waals surface area contributed by atoms with Crippen molar-refractivity contribution in [2.45, 2.75) is 19.2 Å². The highest BCUT2D eigenvalue weighted by atomic mass is 16.5. The molecule has 4 heterocycles. The number of hydrogen-bond donors (Lipinski definition) is 2. The van der Waals surface area contributed by atoms with Crippen LogP contribution in [0.5, 0.6) is 0 Å². The number of nitrogens with zero attached hydrogens (tertiary/aromatic N) is 6. The minimum absolute atomic E-state index is 0.185. The van der Waals surface area contributed by atoms with Crippen molar-refractivity contribution < 1.29 is 9.53 Å². The zero-order valence-electron chi connectivity index (χ0n) is 18.0. The Hall–Kier alpha value is -4.18. The van der Waals surface area contributed by atoms with E-state index in [-0.39, 0.29) is 11.9 Å². The number of carbonyl (C=O) groups excluding carboxylic acids is 1. The Bertz CT molecular complexity index is 1270. The molecule has 0 saturated carbocycles. The SMILES string of the molecule is Cn1c(CNc2cc(C(=O)N[C@H]3COCc4ccccc43)ccn2)nnc1-c1ccncn1. The van der Waals surface area contributed by atoms with Crippen LogP contribution in [0.3, 0.4) is 0 Å². The molecule has 4 aromatic rings. The van der Waals surface area contributed by atoms with E-state index in [2.05, 4.69) is 35.8 Å². The van der Waals surface area contributed by atoms with Crippen LogP contribution in [-0.4, -0.2) is 42.2 Å². The predicted molar refractivity (Wildman–Crippen MR) is 120 cm³/mol. The molecule has 0 bridgehead atoms. The molecule has 1 amide bonds. The van der Waals surface area contributed by atoms with Crippen LogP contribution in [0, 0.1) is 0 Å². The van der Waals surface area contributed by atoms with Gasteiger partial charge in [0.25, 0.3) is 5.91 Å². The normalized spacial score (nSPS) is 15.0. The van der Waals surface area contributed by atoms with Gasteiger partial charge < -0.3 is 19.9 Å². The number of fused-ring (bicyclic) bond motifs is 1. The number of amides is 1. The van der Waals surface area contributed by atoms with Crippen molar-refractivity contribution in [2.75, 3.05) is 11.9 Å². The fraction of sp³-hybridized carbons (Fsp3) is 0.217. The topological polar surface area (TPSA) is 120 Å². The molecule has 1 aliphatic rings. The van der Waals surface area contributed by atoms with Crippen molar-refractivity contribution in [3.8, 4) is 11.5 Å². The zero-order chi connectivity index (χ0) is 22.6. The second kappa shape index (κ2) is 9.13. The maximum atomic E-state index is 12.9. The molecule has 1 atom stereocenters. The first-order valence-corrected chi connectivity index (χ1v) is 10.5. The van der Waals surface area contributed by atoms with Gasteiger partial charge in [-0.2, -0.15) is 0 Å². The van der Waals surface area contributed by atoms with Crippen molar-refractivity contribution in [1.82, 2.24) is 35.0 Å². The minimum atomic E-state index is -0.189. The molecule has 0 radical (unpaired) electrons. The highest BCUT2D eigenvalue weighted by Gasteiger charge is 2.22. The number of hydrogen-bond acceptors (Lipinski definition) is 8. The number of aromatic nitrogens is 6. The van der Waals surface area contributed by atoms with Gasteiger partial charge in [0, 0.05) is 25.0 Å². The number of ether oxygens (including phenoxy) is 1. The fourth-order valence-electron chi connectivity index (χ4n) is 3.74. The van der Waals surface area contributed by atoms with E-state index in [9.17, 15) is 4.79 Å². The van der Waals surface area contributed by atoms with Gasteiger partial charge in [0.05, 0.1) is 25.8 Å². The van der Waals surface area contributed by atoms with Gasteiger partial charge in [-0.25, -0.2) is 15.0 Å². The molecule has 5 rings (SSSR count). The smallest absolute Gasteiger partial charge is 0.252 e. The first-order valence-electron chi connectivity index (χ1n) is 10.5. The molecular weight excluding hydrogens is 420 g/mol. The Morgan fingerprint density at radius 2 is 2.06 bits per heavy atom. The maximum Gasteiger partial charge on any atom is 0.252 e. The van der Waals surface area contributed by atoms with Crippen molar-refractivity contribution in [1.29, 1.82) is 0 Å². The summed E-state index contributed by atoms with van der Waals surface area (Å²) in [6.07, 6.45) is 4.74. The van der Waals surface area contributed by atoms with Crippen LogP contribution in [0.1, 0.15) is 33.4 Å². The number of carbonyl (C=O) groups is 1. The standard InChI is InChI=1S/C23H22N8O2/c1-31-21(29-30-22(31)18-7-8-24-14-27-18)11-26-20-10-15(6-9-25-20)23(32)28-19-13-33-12-16-4-2-3-5-17(16)19/h2-10,14,19H,11-13H2,1H3,(H,25,26)(H,28,32)/t19-/m0/s1. The van der Waals surface area contributed by atoms with Gasteiger partial charge in [0.15, 0.2) is 11.6 Å². The molecule has 0 saturated heterocycles. The first kappa shape index (κ1) is 20.7. The molecular formula is C23H22N8O2. The maximum absolute atomic E-state index is 12.9. The molecule has 1 aliphatic heterocycles. The third-order valence-corrected chi connectivity index (χ3v) is 5.50. The van der Waals surface area contributed by atoms with Crippen molar-refractivity contribution >= 4 is 11.7 Å². The summed E-state index contributed by atoms with van der Waals surface area (Å²) < 4.78 is 7.49. The molecule has 10 nitrogen and oxygen atoms in total. The van der Waals surface area contributed by atoms with Crippen molar-refractivity contribution in [3.05, 3.63) is 83.7 Å². The molecule has 0 spiro atoms. The van der Waals surface area contributed by atoms with Crippen LogP contribution < -0.4 is 10.6 Å². The molecule has 0 fully saturated rings. The van der Waals surface area contributed by atoms with E-state index >= 15 is 0 Å². The second-order valence-electron chi connectivity index (χ2n) is 7.62. The van der Waals surface area contributed by atoms with Crippen LogP contribution in [0.2, 0.25) is 0 Å². The van der Waals surface area contributed by atoms with Gasteiger partial charge in [-0.1, -0.05) is 24.3 Å². The third kappa shape index (κ3) is 4.41. The number of pyridine rings is 1. The average Bonchev–Trinajstić information content (AvgIpc) is 3.24. The van der Waals surface area contributed by atoms with Gasteiger partial charge >= 0.3 is 0 Å². The summed E-state index contributed by atoms with van der Waals surface area (Å²) in [5.74, 6) is 1.73. The second-order valence-corrected chi connectivity index (χ2v) is 7.62. The largest absolute Gasteiger partial charge is 0.374 e. The van der Waals surface area contributed by atoms with Crippen molar-refractivity contribution in [3.63, 3.8) is 0 Å². The Morgan fingerprint density at radius 3 is 2.94 bits per heavy atom. The van der Waals surface area contributed by atoms with Gasteiger partial charge in [0.1, 0.15) is 17.8 Å². The molecule has 10 heteroatoms. The summed E-state index contributed by atoms with van der Waals surface area (Å²) in [5, 5.41) is 14.7. The van der Waals surface area contributed by atoms with E-state index in [1.165, 1.54) is 6.33 Å². The van der Waals surface area contributed by atoms with Gasteiger partial charge in [-0.15, -0.1) is 10.2 Å². The fourth-order valence-corrected chi connectivity index (χ4v) is 3.74. The Balaban J connectivity index is 1.26. The number of rotatable bonds is 6. The minimum Gasteiger partial charge on any atom is -0.374 e. The summed E-state index contributed by atoms with van der Waals surface area (Å²) >= 11 is 0. The van der Waals surface area contributed by atoms with E-state index < -0.39 is 0 Å². The summed E-state index contributed by atoms with van der Waals surface area (Å²) in [6, 6.07) is 13.0. The van der Waals surface area contributed by atoms with Gasteiger partial charge in [-0.3, -0.25) is 4.79 Å². The lowest BCUT2D eigenvalue weighted by Gasteiger charge is -2.26. The van der Waals surface area contributed by atoms with E-state index in [4.69, 9.17) is 4.74 Å². The highest BCUT2D eigenvalue weighted by molar-refractivity contribution is 5.95. The number of nitrogens with one attached hydrogen (secondary N) is 2. The third-order valence-electron chi connectivity index (χ3n) is 5.50. The van der Waals surface area contributed by atoms with Crippen LogP contribution in [0.4, 0.5) is 5.82 Å². The number of anilines is 1. The molecule has 1 aromatic carbocycles. The van der Waals surface area contributed by atoms with Gasteiger partial charge in [-0.05, 0) is 29.3 Å². The van der Waals surface area contributed by atoms with E-state index in [1.807, 2.05) is 35.9 Å². The Kier molecular flexibility index (Phi) is 5.73. The molecule has 33 heavy (non-hydrogen) atoms. The lowest BCUT2D eigenvalue weighted by Crippen LogP contribution is -2.34. The van der Waals surface area contributed by atoms with Crippen LogP contribution in [-0.2, 0) is 24.9 Å². The Morgan fingerprint density at radius 1 is 1.15 bits per heavy atom. The van der Waals surface area contributed by atoms with Crippen LogP contribution >= 0.6 is 0 Å². The quantitative estimate of drug-likeness (QED) is 0.467. The monoisotopic (exact) mass is 442 g/mol. The van der Waals surface area contributed by atoms with E-state index in [0.717, 1.165) is 11.1 Å². The van der Waals surface area contributed by atoms with E-state index in [1.54, 1.807) is 30.6 Å². The summed E-state index contributed by atoms with van der Waals surface area (Å²) in [4.78, 5) is 25.4. The average molecular weight is 442 g/mol. The zero-order valence-corrected chi connectivity index (χ0v) is 18.0. The van der Waals surface area contributed by atoms with Gasteiger partial charge in [0.2, 0.25) is 0 Å². The van der Waals surface area contributed by atoms with Crippen LogP contribution in [0.15, 0.2) is 61.2 Å². The Labute approximate surface area is 190 Å². The molecule has 0 unspecified atom stereocenters. The number of benzene rings is 1. The van der Waals surface area contributed by atoms with Crippen LogP contribution in [0.25, 0.3) is 11.5 Å². The van der Waals surface area contributed by atoms with E-state index in [0.29, 0.717) is 48.5 Å². The summed E-state index contributed by atoms with van der Waals surface area (Å²) in [6.45, 7) is 1.39. The lowest BCUT2D eigenvalue weighted by molar-refractivity contribution is 0.0708. The van der Waals surface area contributed by atoms with Crippen molar-refractivity contribution in [2.24, 2.45) is 7.05 Å². The summed E-state index contributed by atoms with van der Waals surface area (Å²) in [7, 11) is 1.87. The highest BCUT2D eigenvalue weighted by Crippen LogP contribution is 2.25. The summed E-state index contributed by atoms with van der Waals surface area (Å²) in [5.41, 5.74) is 3.38. The first-order chi connectivity index (χ1) is 16.2. The molecule has 2 N–H and O–H groups in total. The lowest BCUT2D eigenvalue weighted by atomic mass is 9.99. The molecule has 166 valence electrons.